The summed E-state index contributed by atoms with van der Waals surface area (Å²) in [5.74, 6) is -0.611. The Morgan fingerprint density at radius 3 is 1.94 bits per heavy atom. The highest BCUT2D eigenvalue weighted by atomic mass is 28.4. The second kappa shape index (κ2) is 11.6. The number of aliphatic hydroxyl groups excluding tert-OH is 1. The molecule has 0 bridgehead atoms. The van der Waals surface area contributed by atoms with Crippen molar-refractivity contribution in [3.05, 3.63) is 73.3 Å². The molecule has 0 radical (unpaired) electrons. The van der Waals surface area contributed by atoms with Gasteiger partial charge in [0, 0.05) is 0 Å². The van der Waals surface area contributed by atoms with E-state index >= 15 is 0 Å². The molecule has 2 aromatic carbocycles. The van der Waals surface area contributed by atoms with Crippen LogP contribution in [0.15, 0.2) is 73.3 Å². The van der Waals surface area contributed by atoms with Crippen molar-refractivity contribution in [1.82, 2.24) is 0 Å². The quantitative estimate of drug-likeness (QED) is 0.319. The summed E-state index contributed by atoms with van der Waals surface area (Å²) < 4.78 is 17.6. The van der Waals surface area contributed by atoms with E-state index in [0.717, 1.165) is 10.4 Å². The molecule has 0 heterocycles. The van der Waals surface area contributed by atoms with Gasteiger partial charge in [0.15, 0.2) is 6.10 Å². The first kappa shape index (κ1) is 26.0. The zero-order valence-electron chi connectivity index (χ0n) is 19.8. The van der Waals surface area contributed by atoms with Crippen LogP contribution in [0.2, 0.25) is 5.04 Å². The number of esters is 1. The molecule has 1 N–H and O–H groups in total. The van der Waals surface area contributed by atoms with E-state index in [0.29, 0.717) is 0 Å². The number of carbonyl (C=O) groups is 1. The Kier molecular flexibility index (Phi) is 9.40. The molecule has 0 saturated carbocycles. The zero-order chi connectivity index (χ0) is 23.8. The molecule has 2 rings (SSSR count). The Morgan fingerprint density at radius 1 is 1.03 bits per heavy atom. The molecule has 0 aliphatic rings. The van der Waals surface area contributed by atoms with Crippen LogP contribution < -0.4 is 10.4 Å². The number of hydrogen-bond acceptors (Lipinski definition) is 5. The summed E-state index contributed by atoms with van der Waals surface area (Å²) in [5, 5.41) is 12.9. The third kappa shape index (κ3) is 6.16. The van der Waals surface area contributed by atoms with Crippen LogP contribution in [-0.2, 0) is 18.7 Å². The van der Waals surface area contributed by atoms with Gasteiger partial charge in [-0.2, -0.15) is 0 Å². The van der Waals surface area contributed by atoms with Gasteiger partial charge in [-0.05, 0) is 29.3 Å². The summed E-state index contributed by atoms with van der Waals surface area (Å²) in [4.78, 5) is 12.6. The second-order valence-electron chi connectivity index (χ2n) is 9.07. The van der Waals surface area contributed by atoms with Crippen molar-refractivity contribution in [1.29, 1.82) is 0 Å². The standard InChI is InChI=1S/C26H36O5Si/c1-7-18-29-24(25(28)31-20(2)3)23(27)19-30-32(26(4,5)6,21-14-10-8-11-15-21)22-16-12-9-13-17-22/h7-17,20,23-24,27H,1,18-19H2,2-6H3. The van der Waals surface area contributed by atoms with E-state index in [9.17, 15) is 9.90 Å². The largest absolute Gasteiger partial charge is 0.461 e. The van der Waals surface area contributed by atoms with Crippen LogP contribution in [0.4, 0.5) is 0 Å². The molecule has 2 atom stereocenters. The summed E-state index contributed by atoms with van der Waals surface area (Å²) in [6.45, 7) is 13.7. The van der Waals surface area contributed by atoms with Crippen LogP contribution in [0.3, 0.4) is 0 Å². The second-order valence-corrected chi connectivity index (χ2v) is 13.4. The van der Waals surface area contributed by atoms with Crippen molar-refractivity contribution in [2.75, 3.05) is 13.2 Å². The highest BCUT2D eigenvalue weighted by molar-refractivity contribution is 6.99. The van der Waals surface area contributed by atoms with Gasteiger partial charge in [0.2, 0.25) is 0 Å². The molecule has 0 aliphatic carbocycles. The van der Waals surface area contributed by atoms with Gasteiger partial charge in [0.25, 0.3) is 8.32 Å². The Balaban J connectivity index is 2.43. The summed E-state index contributed by atoms with van der Waals surface area (Å²) in [7, 11) is -2.84. The van der Waals surface area contributed by atoms with Crippen LogP contribution in [0.5, 0.6) is 0 Å². The molecule has 32 heavy (non-hydrogen) atoms. The van der Waals surface area contributed by atoms with E-state index < -0.39 is 26.5 Å². The van der Waals surface area contributed by atoms with Crippen LogP contribution in [0.25, 0.3) is 0 Å². The smallest absolute Gasteiger partial charge is 0.338 e. The zero-order valence-corrected chi connectivity index (χ0v) is 20.8. The first-order valence-corrected chi connectivity index (χ1v) is 12.9. The van der Waals surface area contributed by atoms with Crippen molar-refractivity contribution >= 4 is 24.7 Å². The fourth-order valence-electron chi connectivity index (χ4n) is 3.87. The molecule has 5 nitrogen and oxygen atoms in total. The molecular weight excluding hydrogens is 420 g/mol. The maximum atomic E-state index is 12.6. The average Bonchev–Trinajstić information content (AvgIpc) is 2.74. The van der Waals surface area contributed by atoms with Gasteiger partial charge in [-0.15, -0.1) is 6.58 Å². The summed E-state index contributed by atoms with van der Waals surface area (Å²) in [6, 6.07) is 20.3. The van der Waals surface area contributed by atoms with Crippen molar-refractivity contribution in [2.24, 2.45) is 0 Å². The summed E-state index contributed by atoms with van der Waals surface area (Å²) in [6.07, 6.45) is -1.13. The van der Waals surface area contributed by atoms with E-state index in [-0.39, 0.29) is 24.4 Å². The molecule has 2 aromatic rings. The molecular formula is C26H36O5Si. The van der Waals surface area contributed by atoms with Gasteiger partial charge in [0.1, 0.15) is 6.10 Å². The van der Waals surface area contributed by atoms with E-state index in [1.54, 1.807) is 13.8 Å². The first-order chi connectivity index (χ1) is 15.1. The fraction of sp³-hybridized carbons (Fsp3) is 0.423. The van der Waals surface area contributed by atoms with Gasteiger partial charge in [-0.1, -0.05) is 87.5 Å². The third-order valence-electron chi connectivity index (χ3n) is 5.21. The Morgan fingerprint density at radius 2 is 1.53 bits per heavy atom. The molecule has 6 heteroatoms. The SMILES string of the molecule is C=CCOC(C(=O)OC(C)C)C(O)CO[Si](c1ccccc1)(c1ccccc1)C(C)(C)C. The minimum absolute atomic E-state index is 0.0672. The van der Waals surface area contributed by atoms with E-state index in [2.05, 4.69) is 51.6 Å². The van der Waals surface area contributed by atoms with Gasteiger partial charge in [0.05, 0.1) is 19.3 Å². The molecule has 0 spiro atoms. The predicted octanol–water partition coefficient (Wildman–Crippen LogP) is 3.45. The number of carbonyl (C=O) groups excluding carboxylic acids is 1. The summed E-state index contributed by atoms with van der Waals surface area (Å²) in [5.41, 5.74) is 0. The molecule has 2 unspecified atom stereocenters. The van der Waals surface area contributed by atoms with E-state index in [4.69, 9.17) is 13.9 Å². The monoisotopic (exact) mass is 456 g/mol. The predicted molar refractivity (Wildman–Crippen MR) is 131 cm³/mol. The van der Waals surface area contributed by atoms with Crippen molar-refractivity contribution in [3.63, 3.8) is 0 Å². The highest BCUT2D eigenvalue weighted by Gasteiger charge is 2.50. The number of ether oxygens (including phenoxy) is 2. The van der Waals surface area contributed by atoms with Gasteiger partial charge in [-0.25, -0.2) is 4.79 Å². The third-order valence-corrected chi connectivity index (χ3v) is 10.2. The fourth-order valence-corrected chi connectivity index (χ4v) is 8.44. The Labute approximate surface area is 193 Å². The maximum absolute atomic E-state index is 12.6. The lowest BCUT2D eigenvalue weighted by atomic mass is 10.2. The maximum Gasteiger partial charge on any atom is 0.338 e. The number of rotatable bonds is 11. The average molecular weight is 457 g/mol. The van der Waals surface area contributed by atoms with Crippen LogP contribution in [0, 0.1) is 0 Å². The summed E-state index contributed by atoms with van der Waals surface area (Å²) >= 11 is 0. The van der Waals surface area contributed by atoms with E-state index in [1.807, 2.05) is 36.4 Å². The van der Waals surface area contributed by atoms with Gasteiger partial charge in [-0.3, -0.25) is 0 Å². The molecule has 0 aromatic heterocycles. The lowest BCUT2D eigenvalue weighted by molar-refractivity contribution is -0.169. The van der Waals surface area contributed by atoms with Crippen LogP contribution in [-0.4, -0.2) is 50.9 Å². The molecule has 0 fully saturated rings. The normalized spacial score (nSPS) is 14.1. The lowest BCUT2D eigenvalue weighted by Gasteiger charge is -2.43. The topological polar surface area (TPSA) is 65.0 Å². The molecule has 174 valence electrons. The molecule has 0 aliphatic heterocycles. The molecule has 0 amide bonds. The minimum atomic E-state index is -2.84. The Bertz CT molecular complexity index is 806. The van der Waals surface area contributed by atoms with Crippen molar-refractivity contribution in [3.8, 4) is 0 Å². The van der Waals surface area contributed by atoms with E-state index in [1.165, 1.54) is 6.08 Å². The minimum Gasteiger partial charge on any atom is -0.461 e. The van der Waals surface area contributed by atoms with Crippen molar-refractivity contribution in [2.45, 2.75) is 58.0 Å². The first-order valence-electron chi connectivity index (χ1n) is 11.0. The molecule has 0 saturated heterocycles. The Hall–Kier alpha value is -2.25. The van der Waals surface area contributed by atoms with Gasteiger partial charge >= 0.3 is 5.97 Å². The van der Waals surface area contributed by atoms with Crippen LogP contribution >= 0.6 is 0 Å². The number of aliphatic hydroxyl groups is 1. The van der Waals surface area contributed by atoms with Gasteiger partial charge < -0.3 is 19.0 Å². The number of hydrogen-bond donors (Lipinski definition) is 1. The highest BCUT2D eigenvalue weighted by Crippen LogP contribution is 2.36. The number of benzene rings is 2. The van der Waals surface area contributed by atoms with Crippen LogP contribution in [0.1, 0.15) is 34.6 Å². The lowest BCUT2D eigenvalue weighted by Crippen LogP contribution is -2.67. The van der Waals surface area contributed by atoms with Crippen molar-refractivity contribution < 1.29 is 23.8 Å².